The molecule has 0 fully saturated rings. The Morgan fingerprint density at radius 3 is 2.19 bits per heavy atom. The van der Waals surface area contributed by atoms with E-state index < -0.39 is 19.8 Å². The Morgan fingerprint density at radius 2 is 1.40 bits per heavy atom. The van der Waals surface area contributed by atoms with Crippen LogP contribution in [0, 0.1) is 0 Å². The number of fused-ring (bicyclic) bond motifs is 8. The Morgan fingerprint density at radius 1 is 0.674 bits per heavy atom. The van der Waals surface area contributed by atoms with Crippen LogP contribution in [0.5, 0.6) is 0 Å². The Labute approximate surface area is 274 Å². The molecule has 0 saturated heterocycles. The first-order valence-electron chi connectivity index (χ1n) is 14.3. The Kier molecular flexibility index (Phi) is 8.47. The summed E-state index contributed by atoms with van der Waals surface area (Å²) in [4.78, 5) is 0. The van der Waals surface area contributed by atoms with Gasteiger partial charge in [0, 0.05) is 0 Å². The van der Waals surface area contributed by atoms with Crippen molar-refractivity contribution in [1.29, 1.82) is 0 Å². The predicted octanol–water partition coefficient (Wildman–Crippen LogP) is 9.86. The molecule has 1 unspecified atom stereocenters. The van der Waals surface area contributed by atoms with Crippen LogP contribution in [-0.4, -0.2) is 3.71 Å². The molecule has 0 N–H and O–H groups in total. The first-order valence-corrected chi connectivity index (χ1v) is 19.8. The molecule has 0 nitrogen and oxygen atoms in total. The van der Waals surface area contributed by atoms with E-state index in [-0.39, 0.29) is 24.8 Å². The second kappa shape index (κ2) is 12.1. The van der Waals surface area contributed by atoms with E-state index in [1.807, 2.05) is 6.07 Å². The summed E-state index contributed by atoms with van der Waals surface area (Å²) >= 11 is 2.82. The van der Waals surface area contributed by atoms with Crippen LogP contribution in [0.4, 0.5) is 0 Å². The van der Waals surface area contributed by atoms with Crippen molar-refractivity contribution in [3.8, 4) is 11.1 Å². The van der Waals surface area contributed by atoms with E-state index in [9.17, 15) is 0 Å². The fourth-order valence-corrected chi connectivity index (χ4v) is 19.2. The molecule has 0 saturated carbocycles. The molecule has 2 aliphatic rings. The van der Waals surface area contributed by atoms with Crippen LogP contribution in [0.25, 0.3) is 32.7 Å². The van der Waals surface area contributed by atoms with Gasteiger partial charge in [-0.2, -0.15) is 0 Å². The Hall–Kier alpha value is -3.06. The maximum absolute atomic E-state index is 6.59. The second-order valence-electron chi connectivity index (χ2n) is 11.2. The number of rotatable bonds is 4. The minimum absolute atomic E-state index is 0. The molecule has 2 aliphatic carbocycles. The van der Waals surface area contributed by atoms with Gasteiger partial charge < -0.3 is 0 Å². The summed E-state index contributed by atoms with van der Waals surface area (Å²) in [5.74, 6) is 0. The molecule has 8 rings (SSSR count). The van der Waals surface area contributed by atoms with Gasteiger partial charge in [-0.25, -0.2) is 0 Å². The van der Waals surface area contributed by atoms with Crippen molar-refractivity contribution in [3.63, 3.8) is 0 Å². The molecule has 0 amide bonds. The molecular weight excluding hydrogens is 666 g/mol. The number of benzene rings is 6. The second-order valence-corrected chi connectivity index (χ2v) is 20.6. The van der Waals surface area contributed by atoms with Crippen molar-refractivity contribution in [2.45, 2.75) is 12.8 Å². The van der Waals surface area contributed by atoms with Gasteiger partial charge in [0.1, 0.15) is 0 Å². The first kappa shape index (κ1) is 30.0. The van der Waals surface area contributed by atoms with Crippen molar-refractivity contribution in [1.82, 2.24) is 0 Å². The van der Waals surface area contributed by atoms with E-state index in [2.05, 4.69) is 137 Å². The van der Waals surface area contributed by atoms with E-state index in [1.54, 1.807) is 3.28 Å². The molecular formula is C39H30Cl3Zr. The van der Waals surface area contributed by atoms with Gasteiger partial charge >= 0.3 is 252 Å². The summed E-state index contributed by atoms with van der Waals surface area (Å²) in [5, 5.41) is 6.31. The third-order valence-electron chi connectivity index (χ3n) is 8.97. The number of allylic oxidation sites excluding steroid dienone is 4. The zero-order valence-electron chi connectivity index (χ0n) is 23.5. The summed E-state index contributed by atoms with van der Waals surface area (Å²) in [6.45, 7) is 0. The standard InChI is InChI=1S/C21H13.C7H5Cl.C6H5.C5H5.2ClH.Zr/c1-2-8-15-14(7-1)13-20-18-11-4-3-9-16(18)17-10-5-6-12-19(17)21(15)20;1-6-3-2-4-7(8)5-6;1-2-4-6-5-3-1;1-2-4-5-3-1;;;/h1-10,12H,13H2;1-5H;1-5H;1-3H,4H2;2*1H;. The van der Waals surface area contributed by atoms with Crippen molar-refractivity contribution in [2.24, 2.45) is 0 Å². The van der Waals surface area contributed by atoms with Gasteiger partial charge in [-0.05, 0) is 0 Å². The van der Waals surface area contributed by atoms with Crippen LogP contribution in [0.15, 0.2) is 143 Å². The van der Waals surface area contributed by atoms with E-state index in [0.717, 1.165) is 17.9 Å². The molecule has 6 aromatic rings. The monoisotopic (exact) mass is 693 g/mol. The molecule has 211 valence electrons. The van der Waals surface area contributed by atoms with E-state index in [1.165, 1.54) is 55.9 Å². The Bertz CT molecular complexity index is 2120. The van der Waals surface area contributed by atoms with Crippen LogP contribution in [-0.2, 0) is 26.2 Å². The molecule has 0 bridgehead atoms. The van der Waals surface area contributed by atoms with Crippen molar-refractivity contribution in [2.75, 3.05) is 0 Å². The van der Waals surface area contributed by atoms with Crippen LogP contribution in [0.2, 0.25) is 5.02 Å². The zero-order chi connectivity index (χ0) is 27.4. The summed E-state index contributed by atoms with van der Waals surface area (Å²) in [5.41, 5.74) is 6.93. The fraction of sp³-hybridized carbons (Fsp3) is 0.0513. The van der Waals surface area contributed by atoms with Gasteiger partial charge in [0.05, 0.1) is 0 Å². The van der Waals surface area contributed by atoms with Crippen molar-refractivity contribution < 1.29 is 19.8 Å². The van der Waals surface area contributed by atoms with Gasteiger partial charge in [-0.3, -0.25) is 0 Å². The van der Waals surface area contributed by atoms with Crippen LogP contribution >= 0.6 is 36.4 Å². The number of hydrogen-bond acceptors (Lipinski definition) is 0. The third kappa shape index (κ3) is 4.83. The van der Waals surface area contributed by atoms with E-state index >= 15 is 0 Å². The molecule has 0 heterocycles. The fourth-order valence-electron chi connectivity index (χ4n) is 7.30. The quantitative estimate of drug-likeness (QED) is 0.161. The molecule has 1 atom stereocenters. The molecule has 0 aliphatic heterocycles. The Balaban J connectivity index is 0.00000165. The minimum atomic E-state index is -3.78. The average Bonchev–Trinajstić information content (AvgIpc) is 3.70. The molecule has 4 heteroatoms. The summed E-state index contributed by atoms with van der Waals surface area (Å²) in [6, 6.07) is 44.9. The van der Waals surface area contributed by atoms with Gasteiger partial charge in [-0.15, -0.1) is 24.8 Å². The number of halogens is 3. The SMILES string of the molecule is Cl.Cl.Clc1cccc([CH]=[Zr]([C]2=CC=CC2)([c]2ccccc2)[c]2cccc3c2c2c(c4ccccc43)-c3ccccc3C2)c1. The first-order chi connectivity index (χ1) is 20.2. The van der Waals surface area contributed by atoms with E-state index in [4.69, 9.17) is 11.6 Å². The maximum atomic E-state index is 6.59. The summed E-state index contributed by atoms with van der Waals surface area (Å²) < 4.78 is 7.25. The summed E-state index contributed by atoms with van der Waals surface area (Å²) in [7, 11) is 0. The normalized spacial score (nSPS) is 14.3. The van der Waals surface area contributed by atoms with Gasteiger partial charge in [0.15, 0.2) is 0 Å². The van der Waals surface area contributed by atoms with Crippen molar-refractivity contribution in [3.05, 3.63) is 165 Å². The van der Waals surface area contributed by atoms with Crippen LogP contribution in [0.1, 0.15) is 23.1 Å². The molecule has 0 spiro atoms. The topological polar surface area (TPSA) is 0 Å². The van der Waals surface area contributed by atoms with Crippen LogP contribution < -0.4 is 6.54 Å². The van der Waals surface area contributed by atoms with Crippen LogP contribution in [0.3, 0.4) is 0 Å². The molecule has 0 aromatic heterocycles. The van der Waals surface area contributed by atoms with Gasteiger partial charge in [0.2, 0.25) is 0 Å². The van der Waals surface area contributed by atoms with Gasteiger partial charge in [-0.1, -0.05) is 0 Å². The third-order valence-corrected chi connectivity index (χ3v) is 20.7. The molecule has 6 aromatic carbocycles. The van der Waals surface area contributed by atoms with E-state index in [0.29, 0.717) is 0 Å². The van der Waals surface area contributed by atoms with Crippen molar-refractivity contribution >= 4 is 68.2 Å². The predicted molar refractivity (Wildman–Crippen MR) is 188 cm³/mol. The summed E-state index contributed by atoms with van der Waals surface area (Å²) in [6.07, 6.45) is 8.97. The molecule has 43 heavy (non-hydrogen) atoms. The van der Waals surface area contributed by atoms with Gasteiger partial charge in [0.25, 0.3) is 0 Å². The zero-order valence-corrected chi connectivity index (χ0v) is 28.3. The molecule has 0 radical (unpaired) electrons. The average molecular weight is 696 g/mol. The number of hydrogen-bond donors (Lipinski definition) is 0.